The number of aryl methyl sites for hydroxylation is 2. The minimum absolute atomic E-state index is 0.222. The molecule has 0 aliphatic rings. The van der Waals surface area contributed by atoms with Crippen LogP contribution in [0.4, 0.5) is 0 Å². The highest BCUT2D eigenvalue weighted by Crippen LogP contribution is 2.23. The Hall–Kier alpha value is -3.10. The number of hydrogen-bond donors (Lipinski definition) is 1. The predicted molar refractivity (Wildman–Crippen MR) is 138 cm³/mol. The van der Waals surface area contributed by atoms with Crippen LogP contribution < -0.4 is 5.32 Å². The van der Waals surface area contributed by atoms with Crippen molar-refractivity contribution in [3.8, 4) is 0 Å². The van der Waals surface area contributed by atoms with Crippen molar-refractivity contribution in [1.29, 1.82) is 0 Å². The lowest BCUT2D eigenvalue weighted by Gasteiger charge is -2.16. The van der Waals surface area contributed by atoms with E-state index in [1.165, 1.54) is 11.6 Å². The minimum atomic E-state index is -0.261. The molecule has 0 radical (unpaired) electrons. The Morgan fingerprint density at radius 1 is 1.18 bits per heavy atom. The van der Waals surface area contributed by atoms with Gasteiger partial charge in [0.25, 0.3) is 0 Å². The zero-order chi connectivity index (χ0) is 24.1. The summed E-state index contributed by atoms with van der Waals surface area (Å²) >= 11 is 8.33. The lowest BCUT2D eigenvalue weighted by atomic mass is 10.1. The van der Waals surface area contributed by atoms with Crippen LogP contribution in [0.1, 0.15) is 40.7 Å². The van der Waals surface area contributed by atoms with Crippen molar-refractivity contribution in [3.05, 3.63) is 88.1 Å². The van der Waals surface area contributed by atoms with Crippen LogP contribution in [0.2, 0.25) is 5.15 Å². The number of rotatable bonds is 9. The molecule has 0 saturated carbocycles. The molecule has 0 bridgehead atoms. The van der Waals surface area contributed by atoms with Gasteiger partial charge in [0.1, 0.15) is 5.15 Å². The van der Waals surface area contributed by atoms with Gasteiger partial charge < -0.3 is 5.32 Å². The van der Waals surface area contributed by atoms with Crippen LogP contribution in [0.5, 0.6) is 0 Å². The van der Waals surface area contributed by atoms with Crippen LogP contribution in [0, 0.1) is 13.8 Å². The number of benzene rings is 1. The first-order valence-electron chi connectivity index (χ1n) is 11.0. The fourth-order valence-corrected chi connectivity index (χ4v) is 4.47. The fourth-order valence-electron chi connectivity index (χ4n) is 3.71. The molecule has 3 aromatic heterocycles. The molecule has 4 aromatic rings. The third-order valence-corrected chi connectivity index (χ3v) is 6.59. The Kier molecular flexibility index (Phi) is 7.70. The summed E-state index contributed by atoms with van der Waals surface area (Å²) < 4.78 is 3.66. The van der Waals surface area contributed by atoms with Gasteiger partial charge in [-0.2, -0.15) is 16.9 Å². The molecular formula is C25H27ClN6OS. The molecule has 7 nitrogen and oxygen atoms in total. The number of amides is 1. The molecule has 1 N–H and O–H groups in total. The van der Waals surface area contributed by atoms with Gasteiger partial charge in [-0.3, -0.25) is 9.20 Å². The topological polar surface area (TPSA) is 77.1 Å². The second-order valence-electron chi connectivity index (χ2n) is 8.10. The molecule has 1 amide bonds. The number of hydrogen-bond acceptors (Lipinski definition) is 5. The Morgan fingerprint density at radius 2 is 1.97 bits per heavy atom. The monoisotopic (exact) mass is 494 g/mol. The van der Waals surface area contributed by atoms with E-state index in [9.17, 15) is 4.79 Å². The molecule has 4 rings (SSSR count). The third-order valence-electron chi connectivity index (χ3n) is 5.54. The summed E-state index contributed by atoms with van der Waals surface area (Å²) in [5.74, 6) is 1.37. The number of carbonyl (C=O) groups excluding carboxylic acids is 1. The van der Waals surface area contributed by atoms with Crippen LogP contribution in [-0.4, -0.2) is 42.3 Å². The van der Waals surface area contributed by atoms with Gasteiger partial charge >= 0.3 is 0 Å². The predicted octanol–water partition coefficient (Wildman–Crippen LogP) is 4.87. The van der Waals surface area contributed by atoms with Gasteiger partial charge in [0, 0.05) is 17.8 Å². The largest absolute Gasteiger partial charge is 0.342 e. The van der Waals surface area contributed by atoms with Gasteiger partial charge in [-0.25, -0.2) is 4.68 Å². The number of fused-ring (bicyclic) bond motifs is 1. The van der Waals surface area contributed by atoms with E-state index in [2.05, 4.69) is 51.8 Å². The van der Waals surface area contributed by atoms with Crippen LogP contribution in [0.3, 0.4) is 0 Å². The van der Waals surface area contributed by atoms with E-state index in [4.69, 9.17) is 11.6 Å². The molecule has 34 heavy (non-hydrogen) atoms. The zero-order valence-electron chi connectivity index (χ0n) is 19.4. The van der Waals surface area contributed by atoms with Crippen molar-refractivity contribution in [2.75, 3.05) is 12.0 Å². The Labute approximate surface area is 208 Å². The molecular weight excluding hydrogens is 468 g/mol. The minimum Gasteiger partial charge on any atom is -0.342 e. The maximum Gasteiger partial charge on any atom is 0.244 e. The van der Waals surface area contributed by atoms with Gasteiger partial charge in [0.05, 0.1) is 18.3 Å². The van der Waals surface area contributed by atoms with Crippen molar-refractivity contribution in [3.63, 3.8) is 0 Å². The van der Waals surface area contributed by atoms with Crippen molar-refractivity contribution in [1.82, 2.24) is 29.7 Å². The average molecular weight is 495 g/mol. The summed E-state index contributed by atoms with van der Waals surface area (Å²) in [7, 11) is 0. The zero-order valence-corrected chi connectivity index (χ0v) is 21.0. The average Bonchev–Trinajstić information content (AvgIpc) is 3.37. The van der Waals surface area contributed by atoms with Crippen molar-refractivity contribution < 1.29 is 4.79 Å². The SMILES string of the molecule is CSCCC(NC(=O)/C=C/c1c(C)nn(Cc2ccc(C)cc2)c1Cl)c1nnc2ccccn12. The van der Waals surface area contributed by atoms with Crippen LogP contribution in [0.15, 0.2) is 54.7 Å². The first-order chi connectivity index (χ1) is 16.5. The van der Waals surface area contributed by atoms with Crippen LogP contribution >= 0.6 is 23.4 Å². The van der Waals surface area contributed by atoms with E-state index in [0.29, 0.717) is 17.5 Å². The van der Waals surface area contributed by atoms with Gasteiger partial charge in [0.2, 0.25) is 5.91 Å². The number of pyridine rings is 1. The first-order valence-corrected chi connectivity index (χ1v) is 12.8. The summed E-state index contributed by atoms with van der Waals surface area (Å²) in [6, 6.07) is 13.7. The molecule has 1 aromatic carbocycles. The summed E-state index contributed by atoms with van der Waals surface area (Å²) in [5.41, 5.74) is 4.57. The normalized spacial score (nSPS) is 12.5. The standard InChI is InChI=1S/C25H27ClN6OS/c1-17-7-9-19(10-8-17)16-32-24(26)20(18(2)30-32)11-12-23(33)27-21(13-15-34-3)25-29-28-22-6-4-5-14-31(22)25/h4-12,14,21H,13,15-16H2,1-3H3,(H,27,33)/b12-11+. The second kappa shape index (κ2) is 10.9. The number of nitrogens with one attached hydrogen (secondary N) is 1. The molecule has 9 heteroatoms. The number of nitrogens with zero attached hydrogens (tertiary/aromatic N) is 5. The number of thioether (sulfide) groups is 1. The lowest BCUT2D eigenvalue weighted by Crippen LogP contribution is -2.29. The Bertz CT molecular complexity index is 1310. The van der Waals surface area contributed by atoms with E-state index in [-0.39, 0.29) is 11.9 Å². The number of aromatic nitrogens is 5. The van der Waals surface area contributed by atoms with E-state index >= 15 is 0 Å². The highest BCUT2D eigenvalue weighted by atomic mass is 35.5. The summed E-state index contributed by atoms with van der Waals surface area (Å²) in [6.45, 7) is 4.51. The summed E-state index contributed by atoms with van der Waals surface area (Å²) in [6.07, 6.45) is 7.91. The maximum atomic E-state index is 12.8. The van der Waals surface area contributed by atoms with Crippen LogP contribution in [-0.2, 0) is 11.3 Å². The van der Waals surface area contributed by atoms with E-state index in [0.717, 1.165) is 34.6 Å². The van der Waals surface area contributed by atoms with E-state index in [1.54, 1.807) is 22.5 Å². The molecule has 0 saturated heterocycles. The molecule has 1 atom stereocenters. The van der Waals surface area contributed by atoms with Gasteiger partial charge in [-0.1, -0.05) is 47.5 Å². The highest BCUT2D eigenvalue weighted by molar-refractivity contribution is 7.98. The van der Waals surface area contributed by atoms with Crippen molar-refractivity contribution in [2.45, 2.75) is 32.9 Å². The van der Waals surface area contributed by atoms with Crippen molar-refractivity contribution in [2.24, 2.45) is 0 Å². The Balaban J connectivity index is 1.49. The van der Waals surface area contributed by atoms with Gasteiger partial charge in [-0.15, -0.1) is 10.2 Å². The molecule has 1 unspecified atom stereocenters. The molecule has 0 aliphatic heterocycles. The Morgan fingerprint density at radius 3 is 2.74 bits per heavy atom. The third kappa shape index (κ3) is 5.51. The number of halogens is 1. The summed E-state index contributed by atoms with van der Waals surface area (Å²) in [4.78, 5) is 12.8. The highest BCUT2D eigenvalue weighted by Gasteiger charge is 2.19. The fraction of sp³-hybridized carbons (Fsp3) is 0.280. The quantitative estimate of drug-likeness (QED) is 0.336. The molecule has 176 valence electrons. The van der Waals surface area contributed by atoms with Crippen molar-refractivity contribution >= 4 is 41.0 Å². The van der Waals surface area contributed by atoms with Gasteiger partial charge in [0.15, 0.2) is 11.5 Å². The number of carbonyl (C=O) groups is 1. The summed E-state index contributed by atoms with van der Waals surface area (Å²) in [5, 5.41) is 16.7. The van der Waals surface area contributed by atoms with Crippen LogP contribution in [0.25, 0.3) is 11.7 Å². The molecule has 0 spiro atoms. The molecule has 3 heterocycles. The smallest absolute Gasteiger partial charge is 0.244 e. The van der Waals surface area contributed by atoms with E-state index in [1.807, 2.05) is 42.0 Å². The lowest BCUT2D eigenvalue weighted by molar-refractivity contribution is -0.117. The second-order valence-corrected chi connectivity index (χ2v) is 9.44. The molecule has 0 aliphatic carbocycles. The van der Waals surface area contributed by atoms with E-state index < -0.39 is 0 Å². The van der Waals surface area contributed by atoms with Gasteiger partial charge in [-0.05, 0) is 56.0 Å². The molecule has 0 fully saturated rings. The maximum absolute atomic E-state index is 12.8. The first kappa shape index (κ1) is 24.0.